The van der Waals surface area contributed by atoms with Crippen LogP contribution >= 0.6 is 15.9 Å². The molecule has 0 aromatic carbocycles. The number of hydrogen-bond acceptors (Lipinski definition) is 3. The Labute approximate surface area is 109 Å². The summed E-state index contributed by atoms with van der Waals surface area (Å²) in [5, 5.41) is 0.356. The van der Waals surface area contributed by atoms with Crippen LogP contribution in [0, 0.1) is 5.82 Å². The number of halogens is 2. The Bertz CT molecular complexity index is 453. The Morgan fingerprint density at radius 3 is 2.76 bits per heavy atom. The molecule has 1 N–H and O–H groups in total. The van der Waals surface area contributed by atoms with Crippen molar-refractivity contribution in [3.8, 4) is 0 Å². The zero-order valence-electron chi connectivity index (χ0n) is 9.20. The maximum atomic E-state index is 13.2. The molecule has 1 heterocycles. The SMILES string of the molecule is O=S(=O)(NCCCCCBr)c1ncccc1F. The van der Waals surface area contributed by atoms with E-state index in [1.807, 2.05) is 0 Å². The topological polar surface area (TPSA) is 59.1 Å². The maximum Gasteiger partial charge on any atom is 0.261 e. The highest BCUT2D eigenvalue weighted by atomic mass is 79.9. The zero-order valence-corrected chi connectivity index (χ0v) is 11.6. The van der Waals surface area contributed by atoms with E-state index in [-0.39, 0.29) is 0 Å². The van der Waals surface area contributed by atoms with Gasteiger partial charge in [0.05, 0.1) is 0 Å². The number of pyridine rings is 1. The van der Waals surface area contributed by atoms with Gasteiger partial charge in [-0.25, -0.2) is 22.5 Å². The highest BCUT2D eigenvalue weighted by molar-refractivity contribution is 9.09. The minimum atomic E-state index is -3.83. The standard InChI is InChI=1S/C10H14BrFN2O2S/c11-6-2-1-3-8-14-17(15,16)10-9(12)5-4-7-13-10/h4-5,7,14H,1-3,6,8H2. The number of aromatic nitrogens is 1. The van der Waals surface area contributed by atoms with Crippen molar-refractivity contribution in [2.75, 3.05) is 11.9 Å². The first-order chi connectivity index (χ1) is 8.08. The number of sulfonamides is 1. The maximum absolute atomic E-state index is 13.2. The fourth-order valence-corrected chi connectivity index (χ4v) is 2.71. The molecule has 7 heteroatoms. The molecule has 0 radical (unpaired) electrons. The van der Waals surface area contributed by atoms with Crippen molar-refractivity contribution < 1.29 is 12.8 Å². The molecule has 0 saturated heterocycles. The molecule has 1 aromatic rings. The average Bonchev–Trinajstić information content (AvgIpc) is 2.29. The lowest BCUT2D eigenvalue weighted by Gasteiger charge is -2.06. The average molecular weight is 325 g/mol. The van der Waals surface area contributed by atoms with Crippen LogP contribution in [0.3, 0.4) is 0 Å². The van der Waals surface area contributed by atoms with Crippen molar-refractivity contribution in [2.24, 2.45) is 0 Å². The molecule has 0 spiro atoms. The number of rotatable bonds is 7. The summed E-state index contributed by atoms with van der Waals surface area (Å²) in [6.45, 7) is 0.297. The molecule has 0 saturated carbocycles. The Kier molecular flexibility index (Phi) is 6.01. The van der Waals surface area contributed by atoms with Gasteiger partial charge in [-0.2, -0.15) is 0 Å². The van der Waals surface area contributed by atoms with Crippen LogP contribution in [0.2, 0.25) is 0 Å². The molecular weight excluding hydrogens is 311 g/mol. The van der Waals surface area contributed by atoms with Gasteiger partial charge in [-0.1, -0.05) is 22.4 Å². The molecule has 4 nitrogen and oxygen atoms in total. The molecule has 96 valence electrons. The van der Waals surface area contributed by atoms with E-state index in [4.69, 9.17) is 0 Å². The summed E-state index contributed by atoms with van der Waals surface area (Å²) in [6.07, 6.45) is 3.87. The summed E-state index contributed by atoms with van der Waals surface area (Å²) >= 11 is 3.29. The van der Waals surface area contributed by atoms with Crippen LogP contribution in [0.5, 0.6) is 0 Å². The molecule has 0 bridgehead atoms. The minimum Gasteiger partial charge on any atom is -0.241 e. The van der Waals surface area contributed by atoms with E-state index in [0.717, 1.165) is 30.7 Å². The third kappa shape index (κ3) is 4.69. The van der Waals surface area contributed by atoms with Crippen molar-refractivity contribution in [3.63, 3.8) is 0 Å². The number of unbranched alkanes of at least 4 members (excludes halogenated alkanes) is 2. The van der Waals surface area contributed by atoms with Crippen LogP contribution in [-0.2, 0) is 10.0 Å². The van der Waals surface area contributed by atoms with Crippen LogP contribution in [0.25, 0.3) is 0 Å². The van der Waals surface area contributed by atoms with E-state index in [9.17, 15) is 12.8 Å². The van der Waals surface area contributed by atoms with Gasteiger partial charge < -0.3 is 0 Å². The van der Waals surface area contributed by atoms with Gasteiger partial charge in [-0.3, -0.25) is 0 Å². The van der Waals surface area contributed by atoms with E-state index in [2.05, 4.69) is 25.6 Å². The number of nitrogens with one attached hydrogen (secondary N) is 1. The molecule has 0 amide bonds. The van der Waals surface area contributed by atoms with Gasteiger partial charge in [-0.15, -0.1) is 0 Å². The fourth-order valence-electron chi connectivity index (χ4n) is 1.24. The summed E-state index contributed by atoms with van der Waals surface area (Å²) in [6, 6.07) is 2.43. The summed E-state index contributed by atoms with van der Waals surface area (Å²) in [4.78, 5) is 3.53. The number of nitrogens with zero attached hydrogens (tertiary/aromatic N) is 1. The van der Waals surface area contributed by atoms with Crippen LogP contribution < -0.4 is 4.72 Å². The Morgan fingerprint density at radius 2 is 2.12 bits per heavy atom. The van der Waals surface area contributed by atoms with Gasteiger partial charge in [0.15, 0.2) is 5.82 Å². The molecule has 0 atom stereocenters. The predicted molar refractivity (Wildman–Crippen MR) is 67.0 cm³/mol. The lowest BCUT2D eigenvalue weighted by molar-refractivity contribution is 0.542. The highest BCUT2D eigenvalue weighted by Gasteiger charge is 2.19. The van der Waals surface area contributed by atoms with Gasteiger partial charge in [0.1, 0.15) is 0 Å². The molecule has 0 unspecified atom stereocenters. The summed E-state index contributed by atoms with van der Waals surface area (Å²) < 4.78 is 38.9. The van der Waals surface area contributed by atoms with E-state index >= 15 is 0 Å². The van der Waals surface area contributed by atoms with E-state index < -0.39 is 20.9 Å². The van der Waals surface area contributed by atoms with Gasteiger partial charge >= 0.3 is 0 Å². The zero-order chi connectivity index (χ0) is 12.7. The summed E-state index contributed by atoms with van der Waals surface area (Å²) in [7, 11) is -3.83. The van der Waals surface area contributed by atoms with Crippen LogP contribution in [0.4, 0.5) is 4.39 Å². The third-order valence-electron chi connectivity index (χ3n) is 2.08. The van der Waals surface area contributed by atoms with Crippen LogP contribution in [0.1, 0.15) is 19.3 Å². The first-order valence-corrected chi connectivity index (χ1v) is 7.84. The fraction of sp³-hybridized carbons (Fsp3) is 0.500. The quantitative estimate of drug-likeness (QED) is 0.617. The molecule has 0 aliphatic heterocycles. The van der Waals surface area contributed by atoms with Gasteiger partial charge in [0.25, 0.3) is 10.0 Å². The van der Waals surface area contributed by atoms with Gasteiger partial charge in [0, 0.05) is 18.1 Å². The molecule has 1 aromatic heterocycles. The van der Waals surface area contributed by atoms with E-state index in [0.29, 0.717) is 6.54 Å². The van der Waals surface area contributed by atoms with Crippen molar-refractivity contribution in [3.05, 3.63) is 24.1 Å². The number of alkyl halides is 1. The minimum absolute atomic E-state index is 0.297. The Hall–Kier alpha value is -0.530. The second-order valence-electron chi connectivity index (χ2n) is 3.44. The van der Waals surface area contributed by atoms with Gasteiger partial charge in [-0.05, 0) is 25.0 Å². The molecular formula is C10H14BrFN2O2S. The first-order valence-electron chi connectivity index (χ1n) is 5.24. The smallest absolute Gasteiger partial charge is 0.241 e. The highest BCUT2D eigenvalue weighted by Crippen LogP contribution is 2.09. The van der Waals surface area contributed by atoms with E-state index in [1.165, 1.54) is 12.3 Å². The normalized spacial score (nSPS) is 11.6. The van der Waals surface area contributed by atoms with Crippen molar-refractivity contribution in [2.45, 2.75) is 24.3 Å². The lowest BCUT2D eigenvalue weighted by Crippen LogP contribution is -2.26. The van der Waals surface area contributed by atoms with Crippen LogP contribution in [-0.4, -0.2) is 25.3 Å². The largest absolute Gasteiger partial charge is 0.261 e. The molecule has 0 fully saturated rings. The Balaban J connectivity index is 2.55. The van der Waals surface area contributed by atoms with Crippen molar-refractivity contribution >= 4 is 26.0 Å². The number of hydrogen-bond donors (Lipinski definition) is 1. The summed E-state index contributed by atoms with van der Waals surface area (Å²) in [5.74, 6) is -0.833. The van der Waals surface area contributed by atoms with Crippen molar-refractivity contribution in [1.29, 1.82) is 0 Å². The third-order valence-corrected chi connectivity index (χ3v) is 4.04. The molecule has 17 heavy (non-hydrogen) atoms. The van der Waals surface area contributed by atoms with Crippen LogP contribution in [0.15, 0.2) is 23.4 Å². The molecule has 0 aliphatic carbocycles. The van der Waals surface area contributed by atoms with Crippen molar-refractivity contribution in [1.82, 2.24) is 9.71 Å². The second kappa shape index (κ2) is 7.03. The lowest BCUT2D eigenvalue weighted by atomic mass is 10.3. The second-order valence-corrected chi connectivity index (χ2v) is 5.91. The summed E-state index contributed by atoms with van der Waals surface area (Å²) in [5.41, 5.74) is 0. The molecule has 1 rings (SSSR count). The first kappa shape index (κ1) is 14.5. The van der Waals surface area contributed by atoms with E-state index in [1.54, 1.807) is 0 Å². The van der Waals surface area contributed by atoms with Gasteiger partial charge in [0.2, 0.25) is 5.03 Å². The predicted octanol–water partition coefficient (Wildman–Crippen LogP) is 2.06. The molecule has 0 aliphatic rings. The monoisotopic (exact) mass is 324 g/mol. The Morgan fingerprint density at radius 1 is 1.35 bits per heavy atom.